The molecular formula is C23H22N2O4. The van der Waals surface area contributed by atoms with Crippen LogP contribution < -0.4 is 15.4 Å². The lowest BCUT2D eigenvalue weighted by Crippen LogP contribution is -2.20. The molecule has 0 spiro atoms. The summed E-state index contributed by atoms with van der Waals surface area (Å²) in [6.45, 7) is 2.37. The summed E-state index contributed by atoms with van der Waals surface area (Å²) in [5.74, 6) is -0.611. The van der Waals surface area contributed by atoms with E-state index in [1.165, 1.54) is 0 Å². The average Bonchev–Trinajstić information content (AvgIpc) is 2.71. The zero-order valence-electron chi connectivity index (χ0n) is 16.0. The van der Waals surface area contributed by atoms with Crippen molar-refractivity contribution in [2.24, 2.45) is 0 Å². The second kappa shape index (κ2) is 9.41. The Morgan fingerprint density at radius 2 is 1.69 bits per heavy atom. The van der Waals surface area contributed by atoms with Crippen LogP contribution in [-0.2, 0) is 11.3 Å². The van der Waals surface area contributed by atoms with Crippen LogP contribution in [0, 0.1) is 6.92 Å². The van der Waals surface area contributed by atoms with E-state index in [0.29, 0.717) is 18.0 Å². The molecule has 0 saturated carbocycles. The van der Waals surface area contributed by atoms with Crippen molar-refractivity contribution < 1.29 is 19.4 Å². The maximum Gasteiger partial charge on any atom is 0.335 e. The molecule has 0 heterocycles. The van der Waals surface area contributed by atoms with Gasteiger partial charge < -0.3 is 20.5 Å². The molecule has 0 radical (unpaired) electrons. The van der Waals surface area contributed by atoms with Crippen molar-refractivity contribution in [2.75, 3.05) is 17.2 Å². The van der Waals surface area contributed by atoms with Crippen LogP contribution in [0.15, 0.2) is 72.8 Å². The summed E-state index contributed by atoms with van der Waals surface area (Å²) in [7, 11) is 0. The Hall–Kier alpha value is -3.80. The van der Waals surface area contributed by atoms with Crippen molar-refractivity contribution in [3.05, 3.63) is 89.5 Å². The van der Waals surface area contributed by atoms with Crippen LogP contribution in [0.25, 0.3) is 0 Å². The predicted octanol–water partition coefficient (Wildman–Crippen LogP) is 4.32. The van der Waals surface area contributed by atoms with E-state index in [2.05, 4.69) is 10.6 Å². The summed E-state index contributed by atoms with van der Waals surface area (Å²) in [6.07, 6.45) is 0. The molecule has 0 saturated heterocycles. The quantitative estimate of drug-likeness (QED) is 0.533. The Bertz CT molecular complexity index is 1020. The van der Waals surface area contributed by atoms with Crippen LogP contribution in [0.5, 0.6) is 5.75 Å². The Balaban J connectivity index is 1.53. The number of carbonyl (C=O) groups is 2. The monoisotopic (exact) mass is 390 g/mol. The molecule has 3 aromatic carbocycles. The Morgan fingerprint density at radius 3 is 2.48 bits per heavy atom. The Morgan fingerprint density at radius 1 is 0.931 bits per heavy atom. The Labute approximate surface area is 169 Å². The third-order valence-electron chi connectivity index (χ3n) is 4.18. The zero-order chi connectivity index (χ0) is 20.6. The lowest BCUT2D eigenvalue weighted by molar-refractivity contribution is -0.118. The van der Waals surface area contributed by atoms with E-state index in [0.717, 1.165) is 16.8 Å². The van der Waals surface area contributed by atoms with E-state index in [9.17, 15) is 9.59 Å². The number of aryl methyl sites for hydroxylation is 1. The number of carbonyl (C=O) groups excluding carboxylic acids is 1. The fraction of sp³-hybridized carbons (Fsp3) is 0.130. The SMILES string of the molecule is Cc1cccc(NC(=O)COc2cccc(CNc3cccc(C(=O)O)c3)c2)c1. The van der Waals surface area contributed by atoms with E-state index in [1.807, 2.05) is 55.5 Å². The van der Waals surface area contributed by atoms with Gasteiger partial charge in [-0.15, -0.1) is 0 Å². The molecule has 6 nitrogen and oxygen atoms in total. The van der Waals surface area contributed by atoms with Gasteiger partial charge in [-0.1, -0.05) is 30.3 Å². The van der Waals surface area contributed by atoms with E-state index in [1.54, 1.807) is 24.3 Å². The van der Waals surface area contributed by atoms with E-state index in [4.69, 9.17) is 9.84 Å². The molecule has 0 atom stereocenters. The molecule has 0 bridgehead atoms. The molecule has 0 aliphatic rings. The number of carboxylic acids is 1. The molecule has 0 aromatic heterocycles. The van der Waals surface area contributed by atoms with Crippen LogP contribution >= 0.6 is 0 Å². The van der Waals surface area contributed by atoms with Crippen LogP contribution in [0.2, 0.25) is 0 Å². The van der Waals surface area contributed by atoms with Gasteiger partial charge >= 0.3 is 5.97 Å². The molecule has 0 unspecified atom stereocenters. The summed E-state index contributed by atoms with van der Waals surface area (Å²) >= 11 is 0. The molecule has 148 valence electrons. The van der Waals surface area contributed by atoms with Crippen molar-refractivity contribution >= 4 is 23.3 Å². The lowest BCUT2D eigenvalue weighted by atomic mass is 10.2. The molecule has 0 aliphatic carbocycles. The van der Waals surface area contributed by atoms with Gasteiger partial charge in [-0.2, -0.15) is 0 Å². The number of benzene rings is 3. The smallest absolute Gasteiger partial charge is 0.335 e. The number of ether oxygens (including phenoxy) is 1. The Kier molecular flexibility index (Phi) is 6.47. The highest BCUT2D eigenvalue weighted by Crippen LogP contribution is 2.17. The maximum atomic E-state index is 12.1. The molecule has 29 heavy (non-hydrogen) atoms. The van der Waals surface area contributed by atoms with Gasteiger partial charge in [0.05, 0.1) is 5.56 Å². The number of nitrogens with one attached hydrogen (secondary N) is 2. The first-order valence-corrected chi connectivity index (χ1v) is 9.15. The standard InChI is InChI=1S/C23H22N2O4/c1-16-5-2-9-20(11-16)25-22(26)15-29-21-10-3-6-17(12-21)14-24-19-8-4-7-18(13-19)23(27)28/h2-13,24H,14-15H2,1H3,(H,25,26)(H,27,28). The van der Waals surface area contributed by atoms with Gasteiger partial charge in [-0.05, 0) is 60.5 Å². The van der Waals surface area contributed by atoms with Crippen molar-refractivity contribution in [1.82, 2.24) is 0 Å². The summed E-state index contributed by atoms with van der Waals surface area (Å²) in [4.78, 5) is 23.1. The fourth-order valence-electron chi connectivity index (χ4n) is 2.78. The van der Waals surface area contributed by atoms with Crippen molar-refractivity contribution in [1.29, 1.82) is 0 Å². The minimum atomic E-state index is -0.965. The second-order valence-electron chi connectivity index (χ2n) is 6.59. The van der Waals surface area contributed by atoms with Crippen molar-refractivity contribution in [3.8, 4) is 5.75 Å². The first-order valence-electron chi connectivity index (χ1n) is 9.15. The first-order chi connectivity index (χ1) is 14.0. The number of hydrogen-bond donors (Lipinski definition) is 3. The van der Waals surface area contributed by atoms with E-state index >= 15 is 0 Å². The summed E-state index contributed by atoms with van der Waals surface area (Å²) in [5, 5.41) is 15.1. The van der Waals surface area contributed by atoms with Crippen LogP contribution in [-0.4, -0.2) is 23.6 Å². The molecule has 0 fully saturated rings. The second-order valence-corrected chi connectivity index (χ2v) is 6.59. The maximum absolute atomic E-state index is 12.1. The highest BCUT2D eigenvalue weighted by atomic mass is 16.5. The average molecular weight is 390 g/mol. The van der Waals surface area contributed by atoms with Gasteiger partial charge in [-0.25, -0.2) is 4.79 Å². The van der Waals surface area contributed by atoms with Gasteiger partial charge in [0.15, 0.2) is 6.61 Å². The third-order valence-corrected chi connectivity index (χ3v) is 4.18. The molecule has 1 amide bonds. The molecule has 0 aliphatic heterocycles. The highest BCUT2D eigenvalue weighted by molar-refractivity contribution is 5.92. The third kappa shape index (κ3) is 6.10. The highest BCUT2D eigenvalue weighted by Gasteiger charge is 2.06. The normalized spacial score (nSPS) is 10.2. The predicted molar refractivity (Wildman–Crippen MR) is 112 cm³/mol. The van der Waals surface area contributed by atoms with Crippen molar-refractivity contribution in [3.63, 3.8) is 0 Å². The largest absolute Gasteiger partial charge is 0.484 e. The van der Waals surface area contributed by atoms with Gasteiger partial charge in [0, 0.05) is 17.9 Å². The van der Waals surface area contributed by atoms with Crippen molar-refractivity contribution in [2.45, 2.75) is 13.5 Å². The first kappa shape index (κ1) is 19.9. The summed E-state index contributed by atoms with van der Waals surface area (Å²) in [5.41, 5.74) is 3.70. The number of rotatable bonds is 8. The van der Waals surface area contributed by atoms with Crippen LogP contribution in [0.1, 0.15) is 21.5 Å². The fourth-order valence-corrected chi connectivity index (χ4v) is 2.78. The number of carboxylic acid groups (broad SMARTS) is 1. The van der Waals surface area contributed by atoms with E-state index in [-0.39, 0.29) is 18.1 Å². The molecular weight excluding hydrogens is 368 g/mol. The number of aromatic carboxylic acids is 1. The number of anilines is 2. The topological polar surface area (TPSA) is 87.7 Å². The molecule has 6 heteroatoms. The number of amides is 1. The molecule has 3 aromatic rings. The molecule has 3 rings (SSSR count). The van der Waals surface area contributed by atoms with Crippen LogP contribution in [0.3, 0.4) is 0 Å². The zero-order valence-corrected chi connectivity index (χ0v) is 16.0. The van der Waals surface area contributed by atoms with Gasteiger partial charge in [0.1, 0.15) is 5.75 Å². The van der Waals surface area contributed by atoms with Gasteiger partial charge in [0.2, 0.25) is 0 Å². The minimum absolute atomic E-state index is 0.0918. The minimum Gasteiger partial charge on any atom is -0.484 e. The van der Waals surface area contributed by atoms with Gasteiger partial charge in [-0.3, -0.25) is 4.79 Å². The summed E-state index contributed by atoms with van der Waals surface area (Å²) in [6, 6.07) is 21.6. The summed E-state index contributed by atoms with van der Waals surface area (Å²) < 4.78 is 5.60. The molecule has 3 N–H and O–H groups in total. The van der Waals surface area contributed by atoms with Crippen LogP contribution in [0.4, 0.5) is 11.4 Å². The van der Waals surface area contributed by atoms with Gasteiger partial charge in [0.25, 0.3) is 5.91 Å². The number of hydrogen-bond acceptors (Lipinski definition) is 4. The van der Waals surface area contributed by atoms with E-state index < -0.39 is 5.97 Å². The lowest BCUT2D eigenvalue weighted by Gasteiger charge is -2.11.